The second-order valence-corrected chi connectivity index (χ2v) is 4.96. The highest BCUT2D eigenvalue weighted by atomic mass is 35.5. The SMILES string of the molecule is N/C(=N/O)c1ccnc(Sc2cccc(F)c2)c1Cl. The molecule has 0 aliphatic rings. The first kappa shape index (κ1) is 13.6. The molecule has 0 unspecified atom stereocenters. The molecule has 0 amide bonds. The first-order chi connectivity index (χ1) is 9.11. The number of halogens is 2. The highest BCUT2D eigenvalue weighted by molar-refractivity contribution is 7.99. The summed E-state index contributed by atoms with van der Waals surface area (Å²) in [4.78, 5) is 4.76. The van der Waals surface area contributed by atoms with Gasteiger partial charge >= 0.3 is 0 Å². The molecular formula is C12H9ClFN3OS. The normalized spacial score (nSPS) is 11.6. The molecule has 0 fully saturated rings. The van der Waals surface area contributed by atoms with Crippen LogP contribution in [0.5, 0.6) is 0 Å². The Morgan fingerprint density at radius 1 is 1.42 bits per heavy atom. The van der Waals surface area contributed by atoms with Crippen LogP contribution in [0.1, 0.15) is 5.56 Å². The maximum Gasteiger partial charge on any atom is 0.171 e. The summed E-state index contributed by atoms with van der Waals surface area (Å²) >= 11 is 7.32. The maximum absolute atomic E-state index is 13.1. The summed E-state index contributed by atoms with van der Waals surface area (Å²) in [6.45, 7) is 0. The van der Waals surface area contributed by atoms with Crippen molar-refractivity contribution in [3.8, 4) is 0 Å². The van der Waals surface area contributed by atoms with Crippen LogP contribution in [0.4, 0.5) is 4.39 Å². The minimum atomic E-state index is -0.339. The fraction of sp³-hybridized carbons (Fsp3) is 0. The van der Waals surface area contributed by atoms with Crippen LogP contribution in [-0.4, -0.2) is 16.0 Å². The number of amidine groups is 1. The van der Waals surface area contributed by atoms with Crippen LogP contribution < -0.4 is 5.73 Å². The molecule has 7 heteroatoms. The molecular weight excluding hydrogens is 289 g/mol. The highest BCUT2D eigenvalue weighted by Gasteiger charge is 2.12. The largest absolute Gasteiger partial charge is 0.409 e. The van der Waals surface area contributed by atoms with Crippen LogP contribution in [0.2, 0.25) is 5.02 Å². The van der Waals surface area contributed by atoms with Gasteiger partial charge in [0.2, 0.25) is 0 Å². The van der Waals surface area contributed by atoms with Gasteiger partial charge in [-0.3, -0.25) is 0 Å². The van der Waals surface area contributed by atoms with Gasteiger partial charge in [-0.2, -0.15) is 0 Å². The molecule has 1 aromatic carbocycles. The molecule has 4 nitrogen and oxygen atoms in total. The standard InChI is InChI=1S/C12H9ClFN3OS/c13-10-9(11(15)17-18)4-5-16-12(10)19-8-3-1-2-7(14)6-8/h1-6,18H,(H2,15,17). The number of hydrogen-bond acceptors (Lipinski definition) is 4. The van der Waals surface area contributed by atoms with E-state index in [9.17, 15) is 4.39 Å². The van der Waals surface area contributed by atoms with Crippen molar-refractivity contribution in [3.05, 3.63) is 52.9 Å². The Morgan fingerprint density at radius 2 is 2.21 bits per heavy atom. The zero-order valence-electron chi connectivity index (χ0n) is 9.55. The van der Waals surface area contributed by atoms with E-state index >= 15 is 0 Å². The first-order valence-corrected chi connectivity index (χ1v) is 6.37. The smallest absolute Gasteiger partial charge is 0.171 e. The van der Waals surface area contributed by atoms with E-state index in [1.165, 1.54) is 36.2 Å². The van der Waals surface area contributed by atoms with Gasteiger partial charge in [-0.25, -0.2) is 9.37 Å². The predicted octanol–water partition coefficient (Wildman–Crippen LogP) is 3.12. The van der Waals surface area contributed by atoms with E-state index in [-0.39, 0.29) is 16.7 Å². The molecule has 1 heterocycles. The van der Waals surface area contributed by atoms with Crippen LogP contribution in [-0.2, 0) is 0 Å². The lowest BCUT2D eigenvalue weighted by Gasteiger charge is -2.07. The van der Waals surface area contributed by atoms with Gasteiger partial charge in [-0.05, 0) is 24.3 Å². The van der Waals surface area contributed by atoms with Crippen LogP contribution in [0.3, 0.4) is 0 Å². The Bertz CT molecular complexity index is 636. The predicted molar refractivity (Wildman–Crippen MR) is 72.3 cm³/mol. The molecule has 0 aliphatic heterocycles. The van der Waals surface area contributed by atoms with Crippen LogP contribution in [0, 0.1) is 5.82 Å². The van der Waals surface area contributed by atoms with Crippen molar-refractivity contribution in [1.82, 2.24) is 4.98 Å². The van der Waals surface area contributed by atoms with Gasteiger partial charge in [0, 0.05) is 16.7 Å². The third-order valence-electron chi connectivity index (χ3n) is 2.25. The van der Waals surface area contributed by atoms with Gasteiger partial charge in [-0.1, -0.05) is 34.6 Å². The average molecular weight is 298 g/mol. The topological polar surface area (TPSA) is 71.5 Å². The summed E-state index contributed by atoms with van der Waals surface area (Å²) in [7, 11) is 0. The molecule has 0 aliphatic carbocycles. The second-order valence-electron chi connectivity index (χ2n) is 3.52. The van der Waals surface area contributed by atoms with E-state index < -0.39 is 0 Å². The molecule has 2 rings (SSSR count). The Labute approximate surface area is 118 Å². The summed E-state index contributed by atoms with van der Waals surface area (Å²) in [5.41, 5.74) is 5.87. The summed E-state index contributed by atoms with van der Waals surface area (Å²) in [5, 5.41) is 12.3. The summed E-state index contributed by atoms with van der Waals surface area (Å²) < 4.78 is 13.1. The fourth-order valence-electron chi connectivity index (χ4n) is 1.39. The second kappa shape index (κ2) is 5.90. The van der Waals surface area contributed by atoms with Crippen molar-refractivity contribution in [3.63, 3.8) is 0 Å². The Morgan fingerprint density at radius 3 is 2.89 bits per heavy atom. The number of nitrogens with zero attached hydrogens (tertiary/aromatic N) is 2. The molecule has 3 N–H and O–H groups in total. The number of hydrogen-bond donors (Lipinski definition) is 2. The molecule has 1 aromatic heterocycles. The Kier molecular flexibility index (Phi) is 4.24. The van der Waals surface area contributed by atoms with Crippen LogP contribution in [0.25, 0.3) is 0 Å². The number of benzene rings is 1. The molecule has 0 atom stereocenters. The van der Waals surface area contributed by atoms with E-state index in [2.05, 4.69) is 10.1 Å². The fourth-order valence-corrected chi connectivity index (χ4v) is 2.57. The molecule has 0 radical (unpaired) electrons. The Hall–Kier alpha value is -1.79. The van der Waals surface area contributed by atoms with Gasteiger partial charge in [0.15, 0.2) is 5.84 Å². The average Bonchev–Trinajstić information content (AvgIpc) is 2.40. The summed E-state index contributed by atoms with van der Waals surface area (Å²) in [6.07, 6.45) is 1.49. The number of oxime groups is 1. The first-order valence-electron chi connectivity index (χ1n) is 5.17. The van der Waals surface area contributed by atoms with Crippen LogP contribution >= 0.6 is 23.4 Å². The van der Waals surface area contributed by atoms with E-state index in [0.717, 1.165) is 0 Å². The van der Waals surface area contributed by atoms with Gasteiger partial charge in [0.05, 0.1) is 5.02 Å². The van der Waals surface area contributed by atoms with Gasteiger partial charge in [-0.15, -0.1) is 0 Å². The quantitative estimate of drug-likeness (QED) is 0.395. The van der Waals surface area contributed by atoms with Crippen LogP contribution in [0.15, 0.2) is 51.6 Å². The molecule has 0 bridgehead atoms. The third-order valence-corrected chi connectivity index (χ3v) is 3.74. The summed E-state index contributed by atoms with van der Waals surface area (Å²) in [5.74, 6) is -0.442. The number of pyridine rings is 1. The summed E-state index contributed by atoms with van der Waals surface area (Å²) in [6, 6.07) is 7.60. The zero-order chi connectivity index (χ0) is 13.8. The maximum atomic E-state index is 13.1. The van der Waals surface area contributed by atoms with Gasteiger partial charge in [0.25, 0.3) is 0 Å². The molecule has 2 aromatic rings. The number of rotatable bonds is 3. The molecule has 19 heavy (non-hydrogen) atoms. The van der Waals surface area contributed by atoms with Crippen molar-refractivity contribution in [2.24, 2.45) is 10.9 Å². The molecule has 0 spiro atoms. The van der Waals surface area contributed by atoms with E-state index in [0.29, 0.717) is 15.5 Å². The minimum absolute atomic E-state index is 0.103. The zero-order valence-corrected chi connectivity index (χ0v) is 11.1. The van der Waals surface area contributed by atoms with Crippen molar-refractivity contribution < 1.29 is 9.60 Å². The van der Waals surface area contributed by atoms with E-state index in [1.807, 2.05) is 0 Å². The monoisotopic (exact) mass is 297 g/mol. The van der Waals surface area contributed by atoms with Crippen molar-refractivity contribution in [1.29, 1.82) is 0 Å². The highest BCUT2D eigenvalue weighted by Crippen LogP contribution is 2.33. The van der Waals surface area contributed by atoms with Crippen molar-refractivity contribution in [2.45, 2.75) is 9.92 Å². The third kappa shape index (κ3) is 3.15. The molecule has 0 saturated heterocycles. The molecule has 0 saturated carbocycles. The number of nitrogens with two attached hydrogens (primary N) is 1. The van der Waals surface area contributed by atoms with Gasteiger partial charge < -0.3 is 10.9 Å². The number of aromatic nitrogens is 1. The minimum Gasteiger partial charge on any atom is -0.409 e. The van der Waals surface area contributed by atoms with Gasteiger partial charge in [0.1, 0.15) is 10.8 Å². The van der Waals surface area contributed by atoms with Crippen molar-refractivity contribution in [2.75, 3.05) is 0 Å². The van der Waals surface area contributed by atoms with Crippen molar-refractivity contribution >= 4 is 29.2 Å². The lowest BCUT2D eigenvalue weighted by atomic mass is 10.2. The molecule has 98 valence electrons. The van der Waals surface area contributed by atoms with E-state index in [4.69, 9.17) is 22.5 Å². The Balaban J connectivity index is 2.36. The lowest BCUT2D eigenvalue weighted by Crippen LogP contribution is -2.14. The lowest BCUT2D eigenvalue weighted by molar-refractivity contribution is 0.318. The van der Waals surface area contributed by atoms with E-state index in [1.54, 1.807) is 12.1 Å².